The van der Waals surface area contributed by atoms with Crippen LogP contribution in [0.1, 0.15) is 36.9 Å². The molecule has 1 aliphatic heterocycles. The van der Waals surface area contributed by atoms with Gasteiger partial charge in [0, 0.05) is 37.2 Å². The SMILES string of the molecule is CCC[C@H](c1cc(C(F)(F)F)ccc1Cl)N1CCNCC1.Cl.Cl. The van der Waals surface area contributed by atoms with E-state index in [0.29, 0.717) is 10.6 Å². The van der Waals surface area contributed by atoms with Crippen molar-refractivity contribution in [2.24, 2.45) is 0 Å². The minimum absolute atomic E-state index is 0. The Balaban J connectivity index is 0.00000242. The number of rotatable bonds is 4. The standard InChI is InChI=1S/C15H20ClF3N2.2ClH/c1-2-3-14(21-8-6-20-7-9-21)12-10-11(15(17,18)19)4-5-13(12)16;;/h4-5,10,14,20H,2-3,6-9H2,1H3;2*1H/t14-;;/m1../s1. The molecule has 1 N–H and O–H groups in total. The maximum atomic E-state index is 12.9. The molecular weight excluding hydrogens is 372 g/mol. The minimum atomic E-state index is -4.33. The zero-order valence-electron chi connectivity index (χ0n) is 12.8. The van der Waals surface area contributed by atoms with Gasteiger partial charge in [0.15, 0.2) is 0 Å². The molecule has 1 atom stereocenters. The minimum Gasteiger partial charge on any atom is -0.314 e. The summed E-state index contributed by atoms with van der Waals surface area (Å²) in [5.74, 6) is 0. The lowest BCUT2D eigenvalue weighted by Crippen LogP contribution is -2.45. The summed E-state index contributed by atoms with van der Waals surface area (Å²) in [5, 5.41) is 3.68. The molecule has 134 valence electrons. The first-order chi connectivity index (χ1) is 9.93. The van der Waals surface area contributed by atoms with Crippen LogP contribution in [0.2, 0.25) is 5.02 Å². The van der Waals surface area contributed by atoms with Crippen LogP contribution in [-0.2, 0) is 6.18 Å². The van der Waals surface area contributed by atoms with Gasteiger partial charge in [0.1, 0.15) is 0 Å². The maximum absolute atomic E-state index is 12.9. The molecule has 1 saturated heterocycles. The van der Waals surface area contributed by atoms with Gasteiger partial charge in [0.2, 0.25) is 0 Å². The predicted octanol–water partition coefficient (Wildman–Crippen LogP) is 4.95. The van der Waals surface area contributed by atoms with E-state index < -0.39 is 11.7 Å². The van der Waals surface area contributed by atoms with Crippen molar-refractivity contribution in [3.63, 3.8) is 0 Å². The van der Waals surface area contributed by atoms with E-state index in [4.69, 9.17) is 11.6 Å². The molecule has 0 aromatic heterocycles. The quantitative estimate of drug-likeness (QED) is 0.778. The second-order valence-corrected chi connectivity index (χ2v) is 5.73. The number of hydrogen-bond donors (Lipinski definition) is 1. The molecule has 1 heterocycles. The van der Waals surface area contributed by atoms with Crippen LogP contribution in [0.5, 0.6) is 0 Å². The first-order valence-electron chi connectivity index (χ1n) is 7.25. The van der Waals surface area contributed by atoms with E-state index in [9.17, 15) is 13.2 Å². The maximum Gasteiger partial charge on any atom is 0.416 e. The Labute approximate surface area is 152 Å². The normalized spacial score (nSPS) is 17.1. The predicted molar refractivity (Wildman–Crippen MR) is 93.0 cm³/mol. The lowest BCUT2D eigenvalue weighted by molar-refractivity contribution is -0.137. The van der Waals surface area contributed by atoms with E-state index in [2.05, 4.69) is 10.2 Å². The molecule has 2 rings (SSSR count). The number of alkyl halides is 3. The summed E-state index contributed by atoms with van der Waals surface area (Å²) in [7, 11) is 0. The van der Waals surface area contributed by atoms with Crippen molar-refractivity contribution < 1.29 is 13.2 Å². The summed E-state index contributed by atoms with van der Waals surface area (Å²) in [4.78, 5) is 2.22. The Kier molecular flexibility index (Phi) is 9.86. The van der Waals surface area contributed by atoms with Crippen LogP contribution in [0, 0.1) is 0 Å². The average Bonchev–Trinajstić information content (AvgIpc) is 2.45. The van der Waals surface area contributed by atoms with Gasteiger partial charge in [-0.2, -0.15) is 13.2 Å². The second-order valence-electron chi connectivity index (χ2n) is 5.32. The highest BCUT2D eigenvalue weighted by atomic mass is 35.5. The summed E-state index contributed by atoms with van der Waals surface area (Å²) in [6, 6.07) is 3.58. The van der Waals surface area contributed by atoms with Gasteiger partial charge < -0.3 is 5.32 Å². The van der Waals surface area contributed by atoms with Gasteiger partial charge >= 0.3 is 6.18 Å². The van der Waals surface area contributed by atoms with E-state index in [1.54, 1.807) is 0 Å². The summed E-state index contributed by atoms with van der Waals surface area (Å²) < 4.78 is 38.8. The molecule has 0 amide bonds. The number of nitrogens with one attached hydrogen (secondary N) is 1. The van der Waals surface area contributed by atoms with Crippen LogP contribution >= 0.6 is 36.4 Å². The first-order valence-corrected chi connectivity index (χ1v) is 7.62. The summed E-state index contributed by atoms with van der Waals surface area (Å²) in [6.45, 7) is 5.42. The average molecular weight is 394 g/mol. The van der Waals surface area contributed by atoms with Crippen LogP contribution in [-0.4, -0.2) is 31.1 Å². The summed E-state index contributed by atoms with van der Waals surface area (Å²) in [5.41, 5.74) is -0.0339. The summed E-state index contributed by atoms with van der Waals surface area (Å²) in [6.07, 6.45) is -2.62. The fourth-order valence-corrected chi connectivity index (χ4v) is 3.02. The number of piperazine rings is 1. The molecule has 8 heteroatoms. The molecule has 0 unspecified atom stereocenters. The van der Waals surface area contributed by atoms with Gasteiger partial charge in [-0.15, -0.1) is 24.8 Å². The highest BCUT2D eigenvalue weighted by Crippen LogP contribution is 2.37. The third-order valence-corrected chi connectivity index (χ3v) is 4.18. The lowest BCUT2D eigenvalue weighted by Gasteiger charge is -2.35. The van der Waals surface area contributed by atoms with Crippen molar-refractivity contribution in [1.82, 2.24) is 10.2 Å². The Morgan fingerprint density at radius 2 is 1.83 bits per heavy atom. The second kappa shape index (κ2) is 9.94. The van der Waals surface area contributed by atoms with Crippen LogP contribution in [0.15, 0.2) is 18.2 Å². The topological polar surface area (TPSA) is 15.3 Å². The van der Waals surface area contributed by atoms with Crippen molar-refractivity contribution in [2.75, 3.05) is 26.2 Å². The van der Waals surface area contributed by atoms with Crippen LogP contribution in [0.4, 0.5) is 13.2 Å². The Morgan fingerprint density at radius 3 is 2.35 bits per heavy atom. The lowest BCUT2D eigenvalue weighted by atomic mass is 9.97. The van der Waals surface area contributed by atoms with Gasteiger partial charge in [0.05, 0.1) is 5.56 Å². The Hall–Kier alpha value is -0.200. The van der Waals surface area contributed by atoms with E-state index in [1.165, 1.54) is 12.1 Å². The van der Waals surface area contributed by atoms with E-state index in [0.717, 1.165) is 45.1 Å². The molecule has 0 aliphatic carbocycles. The molecule has 0 saturated carbocycles. The highest BCUT2D eigenvalue weighted by Gasteiger charge is 2.32. The molecule has 1 aromatic carbocycles. The smallest absolute Gasteiger partial charge is 0.314 e. The summed E-state index contributed by atoms with van der Waals surface area (Å²) >= 11 is 6.19. The third-order valence-electron chi connectivity index (χ3n) is 3.84. The Bertz CT molecular complexity index is 478. The molecule has 1 aromatic rings. The molecule has 2 nitrogen and oxygen atoms in total. The number of hydrogen-bond acceptors (Lipinski definition) is 2. The van der Waals surface area contributed by atoms with Gasteiger partial charge in [-0.1, -0.05) is 24.9 Å². The Morgan fingerprint density at radius 1 is 1.22 bits per heavy atom. The van der Waals surface area contributed by atoms with Crippen molar-refractivity contribution >= 4 is 36.4 Å². The molecule has 1 aliphatic rings. The number of nitrogens with zero attached hydrogens (tertiary/aromatic N) is 1. The monoisotopic (exact) mass is 392 g/mol. The largest absolute Gasteiger partial charge is 0.416 e. The fourth-order valence-electron chi connectivity index (χ4n) is 2.78. The zero-order valence-corrected chi connectivity index (χ0v) is 15.2. The first kappa shape index (κ1) is 22.8. The van der Waals surface area contributed by atoms with Gasteiger partial charge in [-0.05, 0) is 30.2 Å². The number of halogens is 6. The molecule has 1 fully saturated rings. The van der Waals surface area contributed by atoms with Gasteiger partial charge in [0.25, 0.3) is 0 Å². The van der Waals surface area contributed by atoms with Crippen molar-refractivity contribution in [3.05, 3.63) is 34.3 Å². The van der Waals surface area contributed by atoms with Crippen LogP contribution < -0.4 is 5.32 Å². The molecule has 0 bridgehead atoms. The van der Waals surface area contributed by atoms with Gasteiger partial charge in [-0.25, -0.2) is 0 Å². The highest BCUT2D eigenvalue weighted by molar-refractivity contribution is 6.31. The molecular formula is C15H22Cl3F3N2. The zero-order chi connectivity index (χ0) is 15.5. The third kappa shape index (κ3) is 5.98. The molecule has 0 spiro atoms. The van der Waals surface area contributed by atoms with E-state index >= 15 is 0 Å². The van der Waals surface area contributed by atoms with Gasteiger partial charge in [-0.3, -0.25) is 4.90 Å². The van der Waals surface area contributed by atoms with E-state index in [1.807, 2.05) is 6.92 Å². The molecule has 0 radical (unpaired) electrons. The molecule has 23 heavy (non-hydrogen) atoms. The van der Waals surface area contributed by atoms with Crippen LogP contribution in [0.3, 0.4) is 0 Å². The fraction of sp³-hybridized carbons (Fsp3) is 0.600. The van der Waals surface area contributed by atoms with Crippen LogP contribution in [0.25, 0.3) is 0 Å². The van der Waals surface area contributed by atoms with Crippen molar-refractivity contribution in [3.8, 4) is 0 Å². The van der Waals surface area contributed by atoms with E-state index in [-0.39, 0.29) is 30.9 Å². The van der Waals surface area contributed by atoms with Crippen molar-refractivity contribution in [2.45, 2.75) is 32.0 Å². The number of benzene rings is 1. The van der Waals surface area contributed by atoms with Crippen molar-refractivity contribution in [1.29, 1.82) is 0 Å².